The minimum Gasteiger partial charge on any atom is -0.392 e. The standard InChI is InChI=1S/C4H7NO4/c6-3-1-2-4-9-5(7)8/h1-2,6H,3-4H2/b2-1+/i1D,2D,3D2,4D2. The molecule has 0 aromatic carbocycles. The largest absolute Gasteiger partial charge is 0.392 e. The van der Waals surface area contributed by atoms with E-state index in [1.807, 2.05) is 0 Å². The van der Waals surface area contributed by atoms with Gasteiger partial charge in [0.1, 0.15) is 6.56 Å². The van der Waals surface area contributed by atoms with Gasteiger partial charge in [-0.1, -0.05) is 12.1 Å². The maximum absolute atomic E-state index is 9.81. The van der Waals surface area contributed by atoms with Crippen LogP contribution in [0.15, 0.2) is 12.1 Å². The summed E-state index contributed by atoms with van der Waals surface area (Å²) < 4.78 is 40.6. The van der Waals surface area contributed by atoms with Gasteiger partial charge in [-0.3, -0.25) is 0 Å². The van der Waals surface area contributed by atoms with E-state index >= 15 is 0 Å². The third kappa shape index (κ3) is 6.90. The van der Waals surface area contributed by atoms with Crippen LogP contribution in [0.3, 0.4) is 0 Å². The molecule has 0 atom stereocenters. The van der Waals surface area contributed by atoms with Crippen LogP contribution in [0.5, 0.6) is 0 Å². The minimum absolute atomic E-state index is 1.45. The van der Waals surface area contributed by atoms with Gasteiger partial charge >= 0.3 is 0 Å². The lowest BCUT2D eigenvalue weighted by Gasteiger charge is -1.87. The molecule has 0 radical (unpaired) electrons. The van der Waals surface area contributed by atoms with Crippen LogP contribution in [-0.2, 0) is 4.84 Å². The first-order chi connectivity index (χ1) is 6.48. The Bertz CT molecular complexity index is 296. The summed E-state index contributed by atoms with van der Waals surface area (Å²) in [7, 11) is 0. The van der Waals surface area contributed by atoms with Crippen molar-refractivity contribution in [3.63, 3.8) is 0 Å². The Labute approximate surface area is 60.1 Å². The maximum Gasteiger partial charge on any atom is 0.294 e. The zero-order chi connectivity index (χ0) is 12.4. The van der Waals surface area contributed by atoms with Gasteiger partial charge in [0.15, 0.2) is 0 Å². The molecule has 0 aliphatic rings. The van der Waals surface area contributed by atoms with Crippen molar-refractivity contribution in [2.45, 2.75) is 0 Å². The van der Waals surface area contributed by atoms with E-state index in [0.717, 1.165) is 0 Å². The normalized spacial score (nSPS) is 25.0. The number of rotatable bonds is 4. The van der Waals surface area contributed by atoms with E-state index in [4.69, 9.17) is 13.3 Å². The van der Waals surface area contributed by atoms with Crippen molar-refractivity contribution in [2.75, 3.05) is 13.1 Å². The third-order valence-corrected chi connectivity index (χ3v) is 0.290. The predicted octanol–water partition coefficient (Wildman–Crippen LogP) is -0.257. The highest BCUT2D eigenvalue weighted by molar-refractivity contribution is 4.79. The summed E-state index contributed by atoms with van der Waals surface area (Å²) in [6.07, 6.45) is 0. The van der Waals surface area contributed by atoms with Gasteiger partial charge in [0.25, 0.3) is 5.09 Å². The van der Waals surface area contributed by atoms with Crippen LogP contribution < -0.4 is 0 Å². The quantitative estimate of drug-likeness (QED) is 0.331. The van der Waals surface area contributed by atoms with Gasteiger partial charge in [-0.05, 0) is 0 Å². The van der Waals surface area contributed by atoms with Crippen LogP contribution in [-0.4, -0.2) is 23.3 Å². The second kappa shape index (κ2) is 5.04. The maximum atomic E-state index is 9.81. The molecule has 0 spiro atoms. The van der Waals surface area contributed by atoms with Crippen molar-refractivity contribution in [2.24, 2.45) is 0 Å². The summed E-state index contributed by atoms with van der Waals surface area (Å²) in [5.41, 5.74) is 0. The SMILES string of the molecule is [2H]/C(=C(/[2H])C([2H])([2H])O[N+](=O)[O-])C([2H])([2H])O. The van der Waals surface area contributed by atoms with E-state index in [1.165, 1.54) is 0 Å². The van der Waals surface area contributed by atoms with E-state index in [0.29, 0.717) is 0 Å². The Hall–Kier alpha value is -1.10. The molecule has 1 N–H and O–H groups in total. The van der Waals surface area contributed by atoms with Gasteiger partial charge in [0.2, 0.25) is 0 Å². The molecule has 0 saturated carbocycles. The van der Waals surface area contributed by atoms with Crippen LogP contribution in [0.4, 0.5) is 0 Å². The van der Waals surface area contributed by atoms with Crippen molar-refractivity contribution < 1.29 is 23.3 Å². The Kier molecular flexibility index (Phi) is 1.27. The lowest BCUT2D eigenvalue weighted by molar-refractivity contribution is -0.755. The fraction of sp³-hybridized carbons (Fsp3) is 0.500. The molecule has 0 bridgehead atoms. The van der Waals surface area contributed by atoms with E-state index < -0.39 is 30.3 Å². The van der Waals surface area contributed by atoms with Gasteiger partial charge in [0.05, 0.1) is 14.8 Å². The van der Waals surface area contributed by atoms with Gasteiger partial charge < -0.3 is 9.94 Å². The van der Waals surface area contributed by atoms with Gasteiger partial charge in [0, 0.05) is 0 Å². The van der Waals surface area contributed by atoms with Crippen molar-refractivity contribution in [3.05, 3.63) is 22.2 Å². The van der Waals surface area contributed by atoms with E-state index in [-0.39, 0.29) is 0 Å². The molecule has 5 nitrogen and oxygen atoms in total. The summed E-state index contributed by atoms with van der Waals surface area (Å²) in [6.45, 7) is -6.54. The summed E-state index contributed by atoms with van der Waals surface area (Å²) in [4.78, 5) is 13.2. The molecule has 0 aliphatic carbocycles. The number of nitrogens with zero attached hydrogens (tertiary/aromatic N) is 1. The summed E-state index contributed by atoms with van der Waals surface area (Å²) in [5, 5.41) is 16.9. The molecule has 5 heteroatoms. The number of hydrogen-bond acceptors (Lipinski definition) is 4. The summed E-state index contributed by atoms with van der Waals surface area (Å²) in [5.74, 6) is 0. The molecule has 0 amide bonds. The molecule has 0 saturated heterocycles. The average molecular weight is 139 g/mol. The van der Waals surface area contributed by atoms with Crippen molar-refractivity contribution >= 4 is 0 Å². The predicted molar refractivity (Wildman–Crippen MR) is 29.2 cm³/mol. The Morgan fingerprint density at radius 3 is 3.11 bits per heavy atom. The molecule has 0 aliphatic heterocycles. The summed E-state index contributed by atoms with van der Waals surface area (Å²) in [6, 6.07) is -2.92. The van der Waals surface area contributed by atoms with Crippen LogP contribution >= 0.6 is 0 Å². The zero-order valence-electron chi connectivity index (χ0n) is 10.1. The molecule has 0 heterocycles. The molecule has 0 fully saturated rings. The molecular weight excluding hydrogens is 126 g/mol. The van der Waals surface area contributed by atoms with E-state index in [9.17, 15) is 10.1 Å². The van der Waals surface area contributed by atoms with Gasteiger partial charge in [-0.2, -0.15) is 0 Å². The van der Waals surface area contributed by atoms with E-state index in [2.05, 4.69) is 4.84 Å². The van der Waals surface area contributed by atoms with Crippen LogP contribution in [0.2, 0.25) is 0 Å². The molecular formula is C4H7NO4. The fourth-order valence-electron chi connectivity index (χ4n) is 0.114. The van der Waals surface area contributed by atoms with Crippen LogP contribution in [0.1, 0.15) is 8.22 Å². The lowest BCUT2D eigenvalue weighted by Crippen LogP contribution is -1.99. The summed E-state index contributed by atoms with van der Waals surface area (Å²) >= 11 is 0. The fourth-order valence-corrected chi connectivity index (χ4v) is 0.114. The van der Waals surface area contributed by atoms with Crippen molar-refractivity contribution in [1.29, 1.82) is 0 Å². The zero-order valence-corrected chi connectivity index (χ0v) is 4.12. The highest BCUT2D eigenvalue weighted by Gasteiger charge is 1.86. The lowest BCUT2D eigenvalue weighted by atomic mass is 10.5. The van der Waals surface area contributed by atoms with E-state index in [1.54, 1.807) is 0 Å². The first kappa shape index (κ1) is 2.26. The Balaban J connectivity index is 5.13. The van der Waals surface area contributed by atoms with Crippen LogP contribution in [0, 0.1) is 10.1 Å². The Morgan fingerprint density at radius 1 is 2.00 bits per heavy atom. The molecule has 0 unspecified atom stereocenters. The van der Waals surface area contributed by atoms with Crippen molar-refractivity contribution in [3.8, 4) is 0 Å². The van der Waals surface area contributed by atoms with Crippen molar-refractivity contribution in [1.82, 2.24) is 0 Å². The third-order valence-electron chi connectivity index (χ3n) is 0.290. The minimum atomic E-state index is -3.28. The highest BCUT2D eigenvalue weighted by atomic mass is 16.9. The molecule has 0 aromatic heterocycles. The molecule has 0 aromatic rings. The van der Waals surface area contributed by atoms with Gasteiger partial charge in [-0.15, -0.1) is 10.1 Å². The average Bonchev–Trinajstić information content (AvgIpc) is 1.97. The Morgan fingerprint density at radius 2 is 2.67 bits per heavy atom. The molecule has 52 valence electrons. The van der Waals surface area contributed by atoms with Gasteiger partial charge in [-0.25, -0.2) is 0 Å². The molecule has 9 heavy (non-hydrogen) atoms. The highest BCUT2D eigenvalue weighted by Crippen LogP contribution is 1.76. The number of aliphatic hydroxyl groups is 1. The first-order valence-electron chi connectivity index (χ1n) is 4.73. The topological polar surface area (TPSA) is 72.6 Å². The van der Waals surface area contributed by atoms with Crippen LogP contribution in [0.25, 0.3) is 0 Å². The first-order valence-corrected chi connectivity index (χ1v) is 1.73. The number of hydrogen-bond donors (Lipinski definition) is 1. The molecule has 0 rings (SSSR count). The second-order valence-corrected chi connectivity index (χ2v) is 0.779. The monoisotopic (exact) mass is 139 g/mol. The second-order valence-electron chi connectivity index (χ2n) is 0.779. The smallest absolute Gasteiger partial charge is 0.294 e.